The SMILES string of the molecule is CC[C@H]1C(COc2nccc3cc(C(N)=O)c4c(c23)CC(C)O4)OC(=O)C1F. The Kier molecular flexibility index (Phi) is 4.56. The van der Waals surface area contributed by atoms with Crippen LogP contribution < -0.4 is 15.2 Å². The zero-order chi connectivity index (χ0) is 20.0. The molecule has 0 radical (unpaired) electrons. The Hall–Kier alpha value is -2.90. The normalized spacial score (nSPS) is 26.0. The number of alkyl halides is 1. The smallest absolute Gasteiger partial charge is 0.341 e. The summed E-state index contributed by atoms with van der Waals surface area (Å²) in [5.74, 6) is -1.17. The summed E-state index contributed by atoms with van der Waals surface area (Å²) in [5.41, 5.74) is 6.64. The van der Waals surface area contributed by atoms with E-state index in [9.17, 15) is 14.0 Å². The fourth-order valence-electron chi connectivity index (χ4n) is 3.98. The van der Waals surface area contributed by atoms with E-state index in [-0.39, 0.29) is 12.7 Å². The number of nitrogens with zero attached hydrogens (tertiary/aromatic N) is 1. The standard InChI is InChI=1S/C20H21FN2O5/c1-3-11-14(28-20(25)16(11)21)8-26-19-15-10(4-5-23-19)7-13(18(22)24)17-12(15)6-9(2)27-17/h4-5,7,9,11,14,16H,3,6,8H2,1-2H3,(H2,22,24)/t9?,11-,14?,16?/m0/s1. The van der Waals surface area contributed by atoms with Crippen molar-refractivity contribution in [2.24, 2.45) is 11.7 Å². The quantitative estimate of drug-likeness (QED) is 0.789. The number of aromatic nitrogens is 1. The summed E-state index contributed by atoms with van der Waals surface area (Å²) in [7, 11) is 0. The van der Waals surface area contributed by atoms with Crippen molar-refractivity contribution in [3.05, 3.63) is 29.5 Å². The van der Waals surface area contributed by atoms with Crippen LogP contribution in [0.4, 0.5) is 4.39 Å². The number of rotatable bonds is 5. The van der Waals surface area contributed by atoms with Crippen LogP contribution in [0.5, 0.6) is 11.6 Å². The van der Waals surface area contributed by atoms with Crippen molar-refractivity contribution in [2.75, 3.05) is 6.61 Å². The third kappa shape index (κ3) is 2.93. The second-order valence-electron chi connectivity index (χ2n) is 7.20. The highest BCUT2D eigenvalue weighted by Gasteiger charge is 2.44. The molecule has 28 heavy (non-hydrogen) atoms. The van der Waals surface area contributed by atoms with Gasteiger partial charge in [-0.3, -0.25) is 4.79 Å². The van der Waals surface area contributed by atoms with Gasteiger partial charge in [0, 0.05) is 24.1 Å². The molecule has 0 bridgehead atoms. The van der Waals surface area contributed by atoms with E-state index in [2.05, 4.69) is 4.98 Å². The van der Waals surface area contributed by atoms with Crippen LogP contribution in [0.1, 0.15) is 36.2 Å². The van der Waals surface area contributed by atoms with Gasteiger partial charge in [0.05, 0.1) is 10.9 Å². The maximum absolute atomic E-state index is 13.9. The van der Waals surface area contributed by atoms with Crippen molar-refractivity contribution >= 4 is 22.6 Å². The fourth-order valence-corrected chi connectivity index (χ4v) is 3.98. The lowest BCUT2D eigenvalue weighted by Gasteiger charge is -2.18. The number of primary amides is 1. The molecule has 2 aromatic rings. The first-order chi connectivity index (χ1) is 13.4. The number of hydrogen-bond donors (Lipinski definition) is 1. The Morgan fingerprint density at radius 1 is 1.43 bits per heavy atom. The van der Waals surface area contributed by atoms with Gasteiger partial charge in [-0.2, -0.15) is 0 Å². The van der Waals surface area contributed by atoms with Crippen molar-refractivity contribution < 1.29 is 28.2 Å². The minimum atomic E-state index is -1.63. The number of amides is 1. The Morgan fingerprint density at radius 2 is 2.21 bits per heavy atom. The number of benzene rings is 1. The average Bonchev–Trinajstić information content (AvgIpc) is 3.18. The molecule has 0 saturated carbocycles. The molecule has 2 N–H and O–H groups in total. The van der Waals surface area contributed by atoms with Crippen LogP contribution in [0.15, 0.2) is 18.3 Å². The van der Waals surface area contributed by atoms with Crippen molar-refractivity contribution in [3.8, 4) is 11.6 Å². The third-order valence-electron chi connectivity index (χ3n) is 5.35. The highest BCUT2D eigenvalue weighted by molar-refractivity contribution is 6.04. The largest absolute Gasteiger partial charge is 0.489 e. The van der Waals surface area contributed by atoms with Crippen LogP contribution in [0.2, 0.25) is 0 Å². The molecule has 2 aliphatic heterocycles. The number of carbonyl (C=O) groups excluding carboxylic acids is 2. The number of carbonyl (C=O) groups is 2. The van der Waals surface area contributed by atoms with Crippen LogP contribution in [-0.4, -0.2) is 41.8 Å². The first-order valence-electron chi connectivity index (χ1n) is 9.29. The first kappa shape index (κ1) is 18.5. The minimum Gasteiger partial charge on any atom is -0.489 e. The lowest BCUT2D eigenvalue weighted by molar-refractivity contribution is -0.145. The molecule has 4 rings (SSSR count). The van der Waals surface area contributed by atoms with Crippen LogP contribution in [0.3, 0.4) is 0 Å². The summed E-state index contributed by atoms with van der Waals surface area (Å²) in [6.07, 6.45) is 0.196. The van der Waals surface area contributed by atoms with E-state index >= 15 is 0 Å². The Labute approximate surface area is 161 Å². The van der Waals surface area contributed by atoms with E-state index in [1.165, 1.54) is 0 Å². The first-order valence-corrected chi connectivity index (χ1v) is 9.29. The maximum Gasteiger partial charge on any atom is 0.341 e. The summed E-state index contributed by atoms with van der Waals surface area (Å²) in [4.78, 5) is 27.7. The lowest BCUT2D eigenvalue weighted by atomic mass is 9.97. The predicted octanol–water partition coefficient (Wildman–Crippen LogP) is 2.33. The fraction of sp³-hybridized carbons (Fsp3) is 0.450. The molecule has 3 unspecified atom stereocenters. The lowest BCUT2D eigenvalue weighted by Crippen LogP contribution is -2.27. The number of ether oxygens (including phenoxy) is 3. The number of halogens is 1. The van der Waals surface area contributed by atoms with Crippen LogP contribution in [0, 0.1) is 5.92 Å². The van der Waals surface area contributed by atoms with Crippen LogP contribution in [-0.2, 0) is 16.0 Å². The van der Waals surface area contributed by atoms with E-state index in [0.717, 1.165) is 16.3 Å². The summed E-state index contributed by atoms with van der Waals surface area (Å²) in [5, 5.41) is 1.47. The van der Waals surface area contributed by atoms with Crippen LogP contribution >= 0.6 is 0 Å². The number of fused-ring (bicyclic) bond motifs is 3. The van der Waals surface area contributed by atoms with Gasteiger partial charge >= 0.3 is 5.97 Å². The maximum atomic E-state index is 13.9. The van der Waals surface area contributed by atoms with Gasteiger partial charge in [-0.15, -0.1) is 0 Å². The van der Waals surface area contributed by atoms with Gasteiger partial charge in [0.15, 0.2) is 0 Å². The van der Waals surface area contributed by atoms with Gasteiger partial charge in [0.2, 0.25) is 12.1 Å². The predicted molar refractivity (Wildman–Crippen MR) is 98.1 cm³/mol. The average molecular weight is 388 g/mol. The topological polar surface area (TPSA) is 101 Å². The van der Waals surface area contributed by atoms with Crippen LogP contribution in [0.25, 0.3) is 10.8 Å². The van der Waals surface area contributed by atoms with Crippen molar-refractivity contribution in [3.63, 3.8) is 0 Å². The Balaban J connectivity index is 1.70. The van der Waals surface area contributed by atoms with Gasteiger partial charge in [-0.05, 0) is 30.9 Å². The number of cyclic esters (lactones) is 1. The van der Waals surface area contributed by atoms with E-state index < -0.39 is 30.1 Å². The molecular weight excluding hydrogens is 367 g/mol. The highest BCUT2D eigenvalue weighted by atomic mass is 19.1. The van der Waals surface area contributed by atoms with E-state index in [1.807, 2.05) is 6.92 Å². The van der Waals surface area contributed by atoms with Crippen molar-refractivity contribution in [1.29, 1.82) is 0 Å². The summed E-state index contributed by atoms with van der Waals surface area (Å²) >= 11 is 0. The monoisotopic (exact) mass is 388 g/mol. The third-order valence-corrected chi connectivity index (χ3v) is 5.35. The summed E-state index contributed by atoms with van der Waals surface area (Å²) in [6.45, 7) is 3.71. The molecule has 8 heteroatoms. The van der Waals surface area contributed by atoms with Gasteiger partial charge in [0.1, 0.15) is 24.6 Å². The highest BCUT2D eigenvalue weighted by Crippen LogP contribution is 2.41. The Bertz CT molecular complexity index is 963. The molecule has 1 aromatic heterocycles. The van der Waals surface area contributed by atoms with Gasteiger partial charge in [0.25, 0.3) is 5.91 Å². The second kappa shape index (κ2) is 6.92. The number of pyridine rings is 1. The number of nitrogens with two attached hydrogens (primary N) is 1. The van der Waals surface area contributed by atoms with E-state index in [0.29, 0.717) is 30.0 Å². The minimum absolute atomic E-state index is 0.000461. The summed E-state index contributed by atoms with van der Waals surface area (Å²) < 4.78 is 30.7. The molecule has 4 atom stereocenters. The summed E-state index contributed by atoms with van der Waals surface area (Å²) in [6, 6.07) is 3.42. The molecule has 3 heterocycles. The van der Waals surface area contributed by atoms with Crippen molar-refractivity contribution in [2.45, 2.75) is 45.1 Å². The molecule has 0 aliphatic carbocycles. The van der Waals surface area contributed by atoms with Gasteiger partial charge in [-0.1, -0.05) is 6.92 Å². The van der Waals surface area contributed by atoms with E-state index in [1.54, 1.807) is 25.3 Å². The molecule has 1 fully saturated rings. The number of hydrogen-bond acceptors (Lipinski definition) is 6. The van der Waals surface area contributed by atoms with E-state index in [4.69, 9.17) is 19.9 Å². The molecule has 2 aliphatic rings. The zero-order valence-electron chi connectivity index (χ0n) is 15.6. The number of esters is 1. The zero-order valence-corrected chi connectivity index (χ0v) is 15.6. The molecule has 1 saturated heterocycles. The molecular formula is C20H21FN2O5. The van der Waals surface area contributed by atoms with Gasteiger partial charge < -0.3 is 19.9 Å². The second-order valence-corrected chi connectivity index (χ2v) is 7.20. The molecule has 7 nitrogen and oxygen atoms in total. The van der Waals surface area contributed by atoms with Crippen molar-refractivity contribution in [1.82, 2.24) is 4.98 Å². The molecule has 1 amide bonds. The van der Waals surface area contributed by atoms with Gasteiger partial charge in [-0.25, -0.2) is 14.2 Å². The molecule has 0 spiro atoms. The molecule has 1 aromatic carbocycles. The Morgan fingerprint density at radius 3 is 2.93 bits per heavy atom. The molecule has 148 valence electrons.